The molecule has 3 heterocycles. The van der Waals surface area contributed by atoms with Crippen molar-refractivity contribution in [1.29, 1.82) is 0 Å². The fourth-order valence-corrected chi connectivity index (χ4v) is 5.03. The minimum atomic E-state index is 0.0290. The summed E-state index contributed by atoms with van der Waals surface area (Å²) >= 11 is 1.47. The summed E-state index contributed by atoms with van der Waals surface area (Å²) in [6, 6.07) is 21.2. The van der Waals surface area contributed by atoms with Crippen molar-refractivity contribution < 1.29 is 4.79 Å². The number of nitrogens with zero attached hydrogens (tertiary/aromatic N) is 3. The molecule has 3 atom stereocenters. The number of hydrazone groups is 1. The van der Waals surface area contributed by atoms with Gasteiger partial charge in [-0.3, -0.25) is 10.2 Å². The van der Waals surface area contributed by atoms with E-state index in [0.717, 1.165) is 18.0 Å². The summed E-state index contributed by atoms with van der Waals surface area (Å²) in [5, 5.41) is 10.5. The van der Waals surface area contributed by atoms with Crippen LogP contribution >= 0.6 is 11.8 Å². The second kappa shape index (κ2) is 9.03. The molecule has 31 heavy (non-hydrogen) atoms. The van der Waals surface area contributed by atoms with Gasteiger partial charge < -0.3 is 15.2 Å². The van der Waals surface area contributed by atoms with Gasteiger partial charge >= 0.3 is 0 Å². The van der Waals surface area contributed by atoms with E-state index in [0.29, 0.717) is 12.3 Å². The Morgan fingerprint density at radius 3 is 2.68 bits per heavy atom. The molecule has 3 unspecified atom stereocenters. The lowest BCUT2D eigenvalue weighted by Gasteiger charge is -2.36. The number of benzene rings is 2. The SMILES string of the molecule is O=C(CSC1=NNC2C3CC(c4ccccc4)NN3C=CN12)NCCc1ccccc1. The zero-order valence-corrected chi connectivity index (χ0v) is 18.0. The third-order valence-electron chi connectivity index (χ3n) is 5.82. The lowest BCUT2D eigenvalue weighted by Crippen LogP contribution is -2.54. The number of carbonyl (C=O) groups excluding carboxylic acids is 1. The maximum Gasteiger partial charge on any atom is 0.230 e. The molecule has 2 aromatic carbocycles. The fraction of sp³-hybridized carbons (Fsp3) is 0.304. The number of hydrogen-bond donors (Lipinski definition) is 3. The number of rotatable bonds is 6. The zero-order chi connectivity index (χ0) is 21.0. The minimum Gasteiger partial charge on any atom is -0.355 e. The summed E-state index contributed by atoms with van der Waals surface area (Å²) < 4.78 is 0. The Balaban J connectivity index is 1.11. The maximum atomic E-state index is 12.3. The van der Waals surface area contributed by atoms with E-state index in [1.165, 1.54) is 22.9 Å². The molecule has 1 amide bonds. The first-order valence-electron chi connectivity index (χ1n) is 10.6. The van der Waals surface area contributed by atoms with Gasteiger partial charge in [-0.1, -0.05) is 72.4 Å². The molecule has 3 N–H and O–H groups in total. The van der Waals surface area contributed by atoms with Gasteiger partial charge in [-0.05, 0) is 24.0 Å². The molecule has 0 aliphatic carbocycles. The van der Waals surface area contributed by atoms with Gasteiger partial charge in [0.05, 0.1) is 17.8 Å². The van der Waals surface area contributed by atoms with Gasteiger partial charge in [-0.25, -0.2) is 5.43 Å². The molecule has 5 rings (SSSR count). The van der Waals surface area contributed by atoms with E-state index >= 15 is 0 Å². The minimum absolute atomic E-state index is 0.0290. The normalized spacial score (nSPS) is 23.7. The van der Waals surface area contributed by atoms with Crippen LogP contribution in [-0.2, 0) is 11.2 Å². The average molecular weight is 435 g/mol. The molecule has 8 heteroatoms. The van der Waals surface area contributed by atoms with E-state index in [1.54, 1.807) is 0 Å². The second-order valence-corrected chi connectivity index (χ2v) is 8.79. The quantitative estimate of drug-likeness (QED) is 0.649. The summed E-state index contributed by atoms with van der Waals surface area (Å²) in [5.74, 6) is 0.382. The highest BCUT2D eigenvalue weighted by Crippen LogP contribution is 2.34. The number of carbonyl (C=O) groups is 1. The highest BCUT2D eigenvalue weighted by Gasteiger charge is 2.44. The molecule has 2 aromatic rings. The van der Waals surface area contributed by atoms with Crippen LogP contribution < -0.4 is 16.2 Å². The van der Waals surface area contributed by atoms with E-state index in [4.69, 9.17) is 0 Å². The van der Waals surface area contributed by atoms with E-state index in [2.05, 4.69) is 73.8 Å². The molecule has 3 aliphatic rings. The number of hydrogen-bond acceptors (Lipinski definition) is 7. The molecule has 0 spiro atoms. The van der Waals surface area contributed by atoms with E-state index in [1.807, 2.05) is 30.5 Å². The predicted molar refractivity (Wildman–Crippen MR) is 124 cm³/mol. The summed E-state index contributed by atoms with van der Waals surface area (Å²) in [7, 11) is 0. The van der Waals surface area contributed by atoms with Crippen molar-refractivity contribution in [3.8, 4) is 0 Å². The second-order valence-electron chi connectivity index (χ2n) is 7.85. The van der Waals surface area contributed by atoms with Crippen molar-refractivity contribution in [3.63, 3.8) is 0 Å². The average Bonchev–Trinajstić information content (AvgIpc) is 3.43. The van der Waals surface area contributed by atoms with Crippen molar-refractivity contribution in [2.75, 3.05) is 12.3 Å². The van der Waals surface area contributed by atoms with Crippen molar-refractivity contribution >= 4 is 22.8 Å². The molecule has 0 radical (unpaired) electrons. The van der Waals surface area contributed by atoms with Crippen LogP contribution in [0.25, 0.3) is 0 Å². The first-order chi connectivity index (χ1) is 15.3. The van der Waals surface area contributed by atoms with Gasteiger partial charge in [0.2, 0.25) is 5.91 Å². The largest absolute Gasteiger partial charge is 0.355 e. The summed E-state index contributed by atoms with van der Waals surface area (Å²) in [6.45, 7) is 0.643. The zero-order valence-electron chi connectivity index (χ0n) is 17.1. The van der Waals surface area contributed by atoms with Crippen LogP contribution in [0.1, 0.15) is 23.6 Å². The number of amidine groups is 1. The number of fused-ring (bicyclic) bond motifs is 3. The molecule has 0 saturated carbocycles. The number of hydrazine groups is 1. The van der Waals surface area contributed by atoms with Crippen LogP contribution in [0.5, 0.6) is 0 Å². The molecular formula is C23H26N6OS. The maximum absolute atomic E-state index is 12.3. The fourth-order valence-electron chi connectivity index (χ4n) is 4.22. The summed E-state index contributed by atoms with van der Waals surface area (Å²) in [4.78, 5) is 14.4. The Morgan fingerprint density at radius 1 is 1.10 bits per heavy atom. The molecule has 1 saturated heterocycles. The number of nitrogens with one attached hydrogen (secondary N) is 3. The Labute approximate surface area is 186 Å². The summed E-state index contributed by atoms with van der Waals surface area (Å²) in [5.41, 5.74) is 9.37. The molecule has 0 aromatic heterocycles. The van der Waals surface area contributed by atoms with Gasteiger partial charge in [-0.15, -0.1) is 0 Å². The van der Waals surface area contributed by atoms with Crippen molar-refractivity contribution in [2.45, 2.75) is 31.1 Å². The topological polar surface area (TPSA) is 72.0 Å². The monoisotopic (exact) mass is 434 g/mol. The molecule has 7 nitrogen and oxygen atoms in total. The third-order valence-corrected chi connectivity index (χ3v) is 6.78. The van der Waals surface area contributed by atoms with Crippen LogP contribution in [0.2, 0.25) is 0 Å². The molecule has 160 valence electrons. The number of amides is 1. The first kappa shape index (κ1) is 20.0. The predicted octanol–water partition coefficient (Wildman–Crippen LogP) is 2.39. The van der Waals surface area contributed by atoms with Gasteiger partial charge in [0, 0.05) is 18.9 Å². The highest BCUT2D eigenvalue weighted by molar-refractivity contribution is 8.14. The molecule has 0 bridgehead atoms. The van der Waals surface area contributed by atoms with Gasteiger partial charge in [0.15, 0.2) is 5.17 Å². The van der Waals surface area contributed by atoms with Crippen molar-refractivity contribution in [3.05, 3.63) is 84.2 Å². The van der Waals surface area contributed by atoms with E-state index < -0.39 is 0 Å². The Hall–Kier alpha value is -2.97. The standard InChI is InChI=1S/C23H26N6OS/c30-21(24-12-11-17-7-3-1-4-8-17)16-31-23-26-25-22-20-15-19(18-9-5-2-6-10-18)27-29(20)14-13-28(22)23/h1-10,13-14,19-20,22,25,27H,11-12,15-16H2,(H,24,30). The molecule has 3 aliphatic heterocycles. The number of thioether (sulfide) groups is 1. The highest BCUT2D eigenvalue weighted by atomic mass is 32.2. The van der Waals surface area contributed by atoms with E-state index in [-0.39, 0.29) is 24.2 Å². The van der Waals surface area contributed by atoms with Crippen LogP contribution in [-0.4, -0.2) is 45.5 Å². The Kier molecular flexibility index (Phi) is 5.82. The van der Waals surface area contributed by atoms with Crippen LogP contribution in [0.15, 0.2) is 78.2 Å². The van der Waals surface area contributed by atoms with Crippen LogP contribution in [0.4, 0.5) is 0 Å². The third kappa shape index (κ3) is 4.40. The molecule has 1 fully saturated rings. The van der Waals surface area contributed by atoms with Crippen LogP contribution in [0, 0.1) is 0 Å². The van der Waals surface area contributed by atoms with E-state index in [9.17, 15) is 4.79 Å². The van der Waals surface area contributed by atoms with Gasteiger partial charge in [0.25, 0.3) is 0 Å². The lowest BCUT2D eigenvalue weighted by atomic mass is 10.00. The van der Waals surface area contributed by atoms with Crippen LogP contribution in [0.3, 0.4) is 0 Å². The first-order valence-corrected chi connectivity index (χ1v) is 11.6. The van der Waals surface area contributed by atoms with Crippen molar-refractivity contribution in [2.24, 2.45) is 5.10 Å². The van der Waals surface area contributed by atoms with Gasteiger partial charge in [-0.2, -0.15) is 5.10 Å². The van der Waals surface area contributed by atoms with Crippen molar-refractivity contribution in [1.82, 2.24) is 26.1 Å². The smallest absolute Gasteiger partial charge is 0.230 e. The Morgan fingerprint density at radius 2 is 1.87 bits per heavy atom. The molecular weight excluding hydrogens is 408 g/mol. The van der Waals surface area contributed by atoms with Gasteiger partial charge in [0.1, 0.15) is 6.17 Å². The Bertz CT molecular complexity index is 967. The summed E-state index contributed by atoms with van der Waals surface area (Å²) in [6.07, 6.45) is 5.97. The lowest BCUT2D eigenvalue weighted by molar-refractivity contribution is -0.118.